The van der Waals surface area contributed by atoms with E-state index in [9.17, 15) is 4.79 Å². The number of hydrogen-bond donors (Lipinski definition) is 2. The summed E-state index contributed by atoms with van der Waals surface area (Å²) in [5.74, 6) is 0.752. The maximum absolute atomic E-state index is 10.9. The normalized spacial score (nSPS) is 20.3. The van der Waals surface area contributed by atoms with Gasteiger partial charge in [0.05, 0.1) is 6.54 Å². The van der Waals surface area contributed by atoms with Crippen molar-refractivity contribution in [1.82, 2.24) is 24.5 Å². The molecule has 8 heteroatoms. The van der Waals surface area contributed by atoms with Crippen LogP contribution >= 0.6 is 0 Å². The predicted molar refractivity (Wildman–Crippen MR) is 90.1 cm³/mol. The number of likely N-dealkylation sites (N-methyl/N-ethyl adjacent to an activating group) is 1. The fraction of sp³-hybridized carbons (Fsp3) is 0.625. The second kappa shape index (κ2) is 7.12. The molecule has 8 nitrogen and oxygen atoms in total. The number of carbonyl (C=O) groups is 1. The van der Waals surface area contributed by atoms with Gasteiger partial charge >= 0.3 is 5.97 Å². The SMILES string of the molecule is CCCc1cc(NC2CC(N(CC)CC(=O)O)C2)n2ncnc2n1. The summed E-state index contributed by atoms with van der Waals surface area (Å²) in [5.41, 5.74) is 1.01. The quantitative estimate of drug-likeness (QED) is 0.755. The van der Waals surface area contributed by atoms with Crippen LogP contribution < -0.4 is 5.32 Å². The molecule has 2 aromatic heterocycles. The number of anilines is 1. The van der Waals surface area contributed by atoms with Gasteiger partial charge in [0.15, 0.2) is 0 Å². The zero-order valence-corrected chi connectivity index (χ0v) is 14.1. The minimum absolute atomic E-state index is 0.108. The van der Waals surface area contributed by atoms with Gasteiger partial charge in [-0.05, 0) is 25.8 Å². The van der Waals surface area contributed by atoms with Crippen molar-refractivity contribution in [2.24, 2.45) is 0 Å². The predicted octanol–water partition coefficient (Wildman–Crippen LogP) is 1.43. The molecule has 0 amide bonds. The van der Waals surface area contributed by atoms with Crippen molar-refractivity contribution in [3.8, 4) is 0 Å². The molecule has 3 rings (SSSR count). The summed E-state index contributed by atoms with van der Waals surface area (Å²) in [7, 11) is 0. The maximum Gasteiger partial charge on any atom is 0.317 e. The number of carboxylic acid groups (broad SMARTS) is 1. The van der Waals surface area contributed by atoms with E-state index in [0.29, 0.717) is 17.9 Å². The summed E-state index contributed by atoms with van der Waals surface area (Å²) in [6.45, 7) is 4.99. The molecule has 0 bridgehead atoms. The number of nitrogens with zero attached hydrogens (tertiary/aromatic N) is 5. The lowest BCUT2D eigenvalue weighted by Crippen LogP contribution is -2.51. The van der Waals surface area contributed by atoms with E-state index in [2.05, 4.69) is 27.3 Å². The van der Waals surface area contributed by atoms with Crippen LogP contribution in [0.4, 0.5) is 5.82 Å². The largest absolute Gasteiger partial charge is 0.480 e. The first-order valence-corrected chi connectivity index (χ1v) is 8.52. The lowest BCUT2D eigenvalue weighted by molar-refractivity contribution is -0.139. The Hall–Kier alpha value is -2.22. The number of aliphatic carboxylic acids is 1. The molecular formula is C16H24N6O2. The number of aryl methyl sites for hydroxylation is 1. The Balaban J connectivity index is 1.66. The third-order valence-corrected chi connectivity index (χ3v) is 4.54. The molecule has 0 radical (unpaired) electrons. The van der Waals surface area contributed by atoms with Gasteiger partial charge in [-0.3, -0.25) is 9.69 Å². The Kier molecular flexibility index (Phi) is 4.94. The smallest absolute Gasteiger partial charge is 0.317 e. The van der Waals surface area contributed by atoms with Crippen molar-refractivity contribution in [1.29, 1.82) is 0 Å². The third-order valence-electron chi connectivity index (χ3n) is 4.54. The Morgan fingerprint density at radius 3 is 2.92 bits per heavy atom. The van der Waals surface area contributed by atoms with Gasteiger partial charge in [0.1, 0.15) is 12.1 Å². The van der Waals surface area contributed by atoms with E-state index < -0.39 is 5.97 Å². The second-order valence-electron chi connectivity index (χ2n) is 6.28. The van der Waals surface area contributed by atoms with Crippen molar-refractivity contribution >= 4 is 17.6 Å². The maximum atomic E-state index is 10.9. The molecule has 24 heavy (non-hydrogen) atoms. The van der Waals surface area contributed by atoms with E-state index >= 15 is 0 Å². The molecule has 0 atom stereocenters. The zero-order valence-electron chi connectivity index (χ0n) is 14.1. The monoisotopic (exact) mass is 332 g/mol. The van der Waals surface area contributed by atoms with Gasteiger partial charge < -0.3 is 10.4 Å². The molecule has 130 valence electrons. The molecule has 0 aromatic carbocycles. The van der Waals surface area contributed by atoms with E-state index in [0.717, 1.165) is 43.7 Å². The van der Waals surface area contributed by atoms with Gasteiger partial charge in [0.2, 0.25) is 0 Å². The Morgan fingerprint density at radius 1 is 1.46 bits per heavy atom. The number of nitrogens with one attached hydrogen (secondary N) is 1. The van der Waals surface area contributed by atoms with Crippen molar-refractivity contribution < 1.29 is 9.90 Å². The first-order valence-electron chi connectivity index (χ1n) is 8.52. The van der Waals surface area contributed by atoms with Crippen LogP contribution in [0.1, 0.15) is 38.8 Å². The molecule has 0 unspecified atom stereocenters. The fourth-order valence-electron chi connectivity index (χ4n) is 3.23. The summed E-state index contributed by atoms with van der Waals surface area (Å²) in [6, 6.07) is 2.68. The van der Waals surface area contributed by atoms with Crippen molar-refractivity contribution in [2.45, 2.75) is 51.6 Å². The average molecular weight is 332 g/mol. The highest BCUT2D eigenvalue weighted by Gasteiger charge is 2.34. The highest BCUT2D eigenvalue weighted by Crippen LogP contribution is 2.28. The number of rotatable bonds is 8. The van der Waals surface area contributed by atoms with Gasteiger partial charge in [0.25, 0.3) is 5.78 Å². The number of carboxylic acids is 1. The molecule has 1 aliphatic carbocycles. The first-order chi connectivity index (χ1) is 11.6. The van der Waals surface area contributed by atoms with Crippen LogP contribution in [0, 0.1) is 0 Å². The molecule has 2 heterocycles. The van der Waals surface area contributed by atoms with Gasteiger partial charge in [-0.1, -0.05) is 20.3 Å². The minimum Gasteiger partial charge on any atom is -0.480 e. The molecule has 2 aromatic rings. The van der Waals surface area contributed by atoms with Crippen LogP contribution in [0.15, 0.2) is 12.4 Å². The molecule has 1 fully saturated rings. The standard InChI is InChI=1S/C16H24N6O2/c1-3-5-11-8-14(22-16(20-11)17-10-18-22)19-12-6-13(7-12)21(4-2)9-15(23)24/h8,10,12-13,19H,3-7,9H2,1-2H3,(H,23,24). The summed E-state index contributed by atoms with van der Waals surface area (Å²) < 4.78 is 1.72. The molecule has 1 saturated carbocycles. The average Bonchev–Trinajstić information content (AvgIpc) is 2.97. The van der Waals surface area contributed by atoms with E-state index in [1.54, 1.807) is 4.52 Å². The van der Waals surface area contributed by atoms with Gasteiger partial charge in [-0.25, -0.2) is 4.98 Å². The molecular weight excluding hydrogens is 308 g/mol. The van der Waals surface area contributed by atoms with Crippen molar-refractivity contribution in [2.75, 3.05) is 18.4 Å². The van der Waals surface area contributed by atoms with Crippen LogP contribution in [-0.2, 0) is 11.2 Å². The zero-order chi connectivity index (χ0) is 17.1. The van der Waals surface area contributed by atoms with E-state index in [1.807, 2.05) is 17.9 Å². The summed E-state index contributed by atoms with van der Waals surface area (Å²) in [4.78, 5) is 21.6. The highest BCUT2D eigenvalue weighted by molar-refractivity contribution is 5.69. The molecule has 1 aliphatic rings. The fourth-order valence-corrected chi connectivity index (χ4v) is 3.23. The van der Waals surface area contributed by atoms with Crippen LogP contribution in [0.2, 0.25) is 0 Å². The highest BCUT2D eigenvalue weighted by atomic mass is 16.4. The van der Waals surface area contributed by atoms with E-state index in [4.69, 9.17) is 5.11 Å². The molecule has 0 aliphatic heterocycles. The number of fused-ring (bicyclic) bond motifs is 1. The number of aromatic nitrogens is 4. The van der Waals surface area contributed by atoms with Gasteiger partial charge in [-0.2, -0.15) is 14.6 Å². The summed E-state index contributed by atoms with van der Waals surface area (Å²) in [5, 5.41) is 16.7. The lowest BCUT2D eigenvalue weighted by Gasteiger charge is -2.42. The van der Waals surface area contributed by atoms with Gasteiger partial charge in [-0.15, -0.1) is 0 Å². The topological polar surface area (TPSA) is 95.7 Å². The second-order valence-corrected chi connectivity index (χ2v) is 6.28. The number of hydrogen-bond acceptors (Lipinski definition) is 6. The third kappa shape index (κ3) is 3.48. The minimum atomic E-state index is -0.768. The van der Waals surface area contributed by atoms with Crippen molar-refractivity contribution in [3.63, 3.8) is 0 Å². The van der Waals surface area contributed by atoms with E-state index in [-0.39, 0.29) is 6.54 Å². The molecule has 2 N–H and O–H groups in total. The summed E-state index contributed by atoms with van der Waals surface area (Å²) >= 11 is 0. The van der Waals surface area contributed by atoms with Gasteiger partial charge in [0, 0.05) is 23.8 Å². The lowest BCUT2D eigenvalue weighted by atomic mass is 9.85. The molecule has 0 spiro atoms. The van der Waals surface area contributed by atoms with Crippen molar-refractivity contribution in [3.05, 3.63) is 18.1 Å². The molecule has 0 saturated heterocycles. The Labute approximate surface area is 140 Å². The van der Waals surface area contributed by atoms with E-state index in [1.165, 1.54) is 6.33 Å². The van der Waals surface area contributed by atoms with Crippen LogP contribution in [0.5, 0.6) is 0 Å². The first kappa shape index (κ1) is 16.6. The summed E-state index contributed by atoms with van der Waals surface area (Å²) in [6.07, 6.45) is 5.32. The Morgan fingerprint density at radius 2 is 2.25 bits per heavy atom. The van der Waals surface area contributed by atoms with Crippen LogP contribution in [-0.4, -0.2) is 60.7 Å². The Bertz CT molecular complexity index is 710. The van der Waals surface area contributed by atoms with Crippen LogP contribution in [0.3, 0.4) is 0 Å². The van der Waals surface area contributed by atoms with Crippen LogP contribution in [0.25, 0.3) is 5.78 Å².